The maximum atomic E-state index is 14.5. The Bertz CT molecular complexity index is 1080. The molecule has 3 rings (SSSR count). The van der Waals surface area contributed by atoms with Crippen molar-refractivity contribution in [1.82, 2.24) is 10.1 Å². The number of H-pyrrole nitrogens is 1. The molecule has 2 heterocycles. The lowest BCUT2D eigenvalue weighted by atomic mass is 10.0. The number of pyridine rings is 1. The average molecular weight is 442 g/mol. The van der Waals surface area contributed by atoms with Gasteiger partial charge in [-0.25, -0.2) is 14.5 Å². The van der Waals surface area contributed by atoms with E-state index < -0.39 is 51.2 Å². The van der Waals surface area contributed by atoms with Crippen molar-refractivity contribution < 1.29 is 35.4 Å². The molecular formula is C17H13ClF7N4+. The minimum atomic E-state index is -4.86. The number of aromatic nitrogens is 3. The van der Waals surface area contributed by atoms with Crippen LogP contribution in [-0.2, 0) is 12.4 Å². The highest BCUT2D eigenvalue weighted by Gasteiger charge is 2.39. The lowest BCUT2D eigenvalue weighted by Crippen LogP contribution is -2.37. The van der Waals surface area contributed by atoms with E-state index in [4.69, 9.17) is 17.3 Å². The number of halogens is 8. The average Bonchev–Trinajstić information content (AvgIpc) is 2.88. The number of anilines is 1. The fourth-order valence-electron chi connectivity index (χ4n) is 2.82. The van der Waals surface area contributed by atoms with Gasteiger partial charge in [-0.05, 0) is 24.1 Å². The van der Waals surface area contributed by atoms with Gasteiger partial charge in [0.25, 0.3) is 0 Å². The van der Waals surface area contributed by atoms with Crippen molar-refractivity contribution >= 4 is 28.5 Å². The number of nitrogens with two attached hydrogens (primary N) is 1. The van der Waals surface area contributed by atoms with E-state index in [9.17, 15) is 30.7 Å². The molecule has 29 heavy (non-hydrogen) atoms. The number of aromatic amines is 1. The molecule has 1 aromatic carbocycles. The highest BCUT2D eigenvalue weighted by molar-refractivity contribution is 6.32. The third-order valence-electron chi connectivity index (χ3n) is 4.22. The zero-order valence-electron chi connectivity index (χ0n) is 14.8. The number of alkyl halides is 6. The molecule has 0 amide bonds. The Kier molecular flexibility index (Phi) is 4.93. The largest absolute Gasteiger partial charge is 0.417 e. The predicted molar refractivity (Wildman–Crippen MR) is 91.1 cm³/mol. The molecule has 0 unspecified atom stereocenters. The molecule has 0 aliphatic rings. The second kappa shape index (κ2) is 6.75. The lowest BCUT2D eigenvalue weighted by molar-refractivity contribution is -0.640. The summed E-state index contributed by atoms with van der Waals surface area (Å²) in [5.41, 5.74) is 2.47. The summed E-state index contributed by atoms with van der Waals surface area (Å²) >= 11 is 5.81. The molecular weight excluding hydrogens is 429 g/mol. The number of benzene rings is 1. The van der Waals surface area contributed by atoms with E-state index >= 15 is 0 Å². The molecule has 0 spiro atoms. The number of nitrogen functional groups attached to an aromatic ring is 1. The van der Waals surface area contributed by atoms with Gasteiger partial charge >= 0.3 is 18.2 Å². The number of hydrogen-bond donors (Lipinski definition) is 2. The number of hydrogen-bond acceptors (Lipinski definition) is 2. The predicted octanol–water partition coefficient (Wildman–Crippen LogP) is 5.38. The van der Waals surface area contributed by atoms with Gasteiger partial charge in [0.1, 0.15) is 5.39 Å². The van der Waals surface area contributed by atoms with Crippen molar-refractivity contribution in [2.24, 2.45) is 0 Å². The molecule has 0 atom stereocenters. The minimum absolute atomic E-state index is 0.0946. The van der Waals surface area contributed by atoms with Crippen molar-refractivity contribution in [3.8, 4) is 5.69 Å². The standard InChI is InChI=1S/C17H12ClF7N4/c1-6(2)11-5-8(17(23,24)25)12-14(26)29(28-15(12)27-11)13-9(18)3-7(4-10(13)19)16(20,21)22/h3-6H,1-2H3,(H2,26,27,28)/p+1. The molecule has 4 nitrogen and oxygen atoms in total. The second-order valence-electron chi connectivity index (χ2n) is 6.59. The van der Waals surface area contributed by atoms with Crippen LogP contribution >= 0.6 is 11.6 Å². The van der Waals surface area contributed by atoms with E-state index in [1.165, 1.54) is 0 Å². The quantitative estimate of drug-likeness (QED) is 0.414. The van der Waals surface area contributed by atoms with Gasteiger partial charge in [-0.15, -0.1) is 4.68 Å². The highest BCUT2D eigenvalue weighted by atomic mass is 35.5. The normalized spacial score (nSPS) is 12.9. The lowest BCUT2D eigenvalue weighted by Gasteiger charge is -2.11. The summed E-state index contributed by atoms with van der Waals surface area (Å²) in [5, 5.41) is 1.16. The number of fused-ring (bicyclic) bond motifs is 1. The zero-order chi connectivity index (χ0) is 21.9. The first-order valence-corrected chi connectivity index (χ1v) is 8.47. The third kappa shape index (κ3) is 3.70. The first-order valence-electron chi connectivity index (χ1n) is 8.09. The summed E-state index contributed by atoms with van der Waals surface area (Å²) in [5.74, 6) is -2.40. The van der Waals surface area contributed by atoms with E-state index in [2.05, 4.69) is 10.1 Å². The van der Waals surface area contributed by atoms with Crippen LogP contribution in [0, 0.1) is 5.82 Å². The van der Waals surface area contributed by atoms with Crippen molar-refractivity contribution in [3.05, 3.63) is 45.9 Å². The van der Waals surface area contributed by atoms with Gasteiger partial charge in [0.15, 0.2) is 11.5 Å². The Morgan fingerprint density at radius 2 is 1.69 bits per heavy atom. The molecule has 0 aliphatic heterocycles. The van der Waals surface area contributed by atoms with Crippen LogP contribution in [0.25, 0.3) is 16.7 Å². The van der Waals surface area contributed by atoms with Crippen LogP contribution < -0.4 is 10.4 Å². The van der Waals surface area contributed by atoms with Crippen LogP contribution in [0.15, 0.2) is 18.2 Å². The van der Waals surface area contributed by atoms with Crippen molar-refractivity contribution in [2.75, 3.05) is 5.73 Å². The van der Waals surface area contributed by atoms with Crippen LogP contribution in [0.5, 0.6) is 0 Å². The highest BCUT2D eigenvalue weighted by Crippen LogP contribution is 2.38. The Morgan fingerprint density at radius 1 is 1.07 bits per heavy atom. The van der Waals surface area contributed by atoms with Crippen LogP contribution in [0.4, 0.5) is 36.6 Å². The second-order valence-corrected chi connectivity index (χ2v) is 7.00. The first kappa shape index (κ1) is 21.2. The van der Waals surface area contributed by atoms with Crippen molar-refractivity contribution in [2.45, 2.75) is 32.1 Å². The monoisotopic (exact) mass is 441 g/mol. The summed E-state index contributed by atoms with van der Waals surface area (Å²) < 4.78 is 94.3. The van der Waals surface area contributed by atoms with E-state index in [0.717, 1.165) is 6.07 Å². The van der Waals surface area contributed by atoms with Crippen molar-refractivity contribution in [3.63, 3.8) is 0 Å². The number of nitrogens with one attached hydrogen (secondary N) is 1. The number of rotatable bonds is 2. The fraction of sp³-hybridized carbons (Fsp3) is 0.294. The maximum Gasteiger partial charge on any atom is 0.417 e. The summed E-state index contributed by atoms with van der Waals surface area (Å²) in [6.07, 6.45) is -9.67. The van der Waals surface area contributed by atoms with Crippen LogP contribution in [0.1, 0.15) is 36.6 Å². The summed E-state index contributed by atoms with van der Waals surface area (Å²) in [6, 6.07) is 1.46. The Labute approximate surface area is 164 Å². The smallest absolute Gasteiger partial charge is 0.284 e. The minimum Gasteiger partial charge on any atom is -0.284 e. The van der Waals surface area contributed by atoms with Crippen molar-refractivity contribution in [1.29, 1.82) is 0 Å². The first-order chi connectivity index (χ1) is 13.2. The fourth-order valence-corrected chi connectivity index (χ4v) is 3.11. The van der Waals surface area contributed by atoms with Crippen LogP contribution in [0.2, 0.25) is 5.02 Å². The molecule has 0 saturated carbocycles. The molecule has 0 aliphatic carbocycles. The van der Waals surface area contributed by atoms with E-state index in [0.29, 0.717) is 10.7 Å². The maximum absolute atomic E-state index is 14.5. The molecule has 12 heteroatoms. The van der Waals surface area contributed by atoms with Gasteiger partial charge in [-0.2, -0.15) is 26.3 Å². The van der Waals surface area contributed by atoms with Gasteiger partial charge in [-0.3, -0.25) is 5.73 Å². The zero-order valence-corrected chi connectivity index (χ0v) is 15.6. The molecule has 2 aromatic heterocycles. The van der Waals surface area contributed by atoms with Gasteiger partial charge in [0.2, 0.25) is 5.69 Å². The van der Waals surface area contributed by atoms with Crippen LogP contribution in [0.3, 0.4) is 0 Å². The summed E-state index contributed by atoms with van der Waals surface area (Å²) in [6.45, 7) is 3.25. The SMILES string of the molecule is CC(C)c1cc(C(F)(F)F)c2c(N)[n+](-c3c(F)cc(C(F)(F)F)cc3Cl)[nH]c2n1. The molecule has 156 valence electrons. The number of nitrogens with zero attached hydrogens (tertiary/aromatic N) is 2. The Morgan fingerprint density at radius 3 is 2.17 bits per heavy atom. The van der Waals surface area contributed by atoms with E-state index in [1.54, 1.807) is 13.8 Å². The molecule has 3 aromatic rings. The molecule has 3 N–H and O–H groups in total. The molecule has 0 saturated heterocycles. The molecule has 0 fully saturated rings. The van der Waals surface area contributed by atoms with E-state index in [-0.39, 0.29) is 23.3 Å². The van der Waals surface area contributed by atoms with Gasteiger partial charge in [0, 0.05) is 5.69 Å². The summed E-state index contributed by atoms with van der Waals surface area (Å²) in [7, 11) is 0. The Hall–Kier alpha value is -2.56. The third-order valence-corrected chi connectivity index (χ3v) is 4.51. The molecule has 0 bridgehead atoms. The van der Waals surface area contributed by atoms with Crippen LogP contribution in [-0.4, -0.2) is 10.1 Å². The van der Waals surface area contributed by atoms with Gasteiger partial charge in [0.05, 0.1) is 16.1 Å². The van der Waals surface area contributed by atoms with Gasteiger partial charge in [-0.1, -0.05) is 25.4 Å². The summed E-state index contributed by atoms with van der Waals surface area (Å²) in [4.78, 5) is 4.07. The Balaban J connectivity index is 2.35. The molecule has 0 radical (unpaired) electrons. The van der Waals surface area contributed by atoms with Gasteiger partial charge < -0.3 is 0 Å². The van der Waals surface area contributed by atoms with E-state index in [1.807, 2.05) is 0 Å². The topological polar surface area (TPSA) is 58.6 Å².